The van der Waals surface area contributed by atoms with Crippen LogP contribution in [0.15, 0.2) is 5.03 Å². The zero-order chi connectivity index (χ0) is 15.7. The fourth-order valence-corrected chi connectivity index (χ4v) is 6.12. The quantitative estimate of drug-likeness (QED) is 0.794. The molecule has 0 aliphatic carbocycles. The summed E-state index contributed by atoms with van der Waals surface area (Å²) in [5.74, 6) is 1.55. The third-order valence-corrected chi connectivity index (χ3v) is 7.26. The van der Waals surface area contributed by atoms with Crippen molar-refractivity contribution in [3.63, 3.8) is 0 Å². The molecule has 0 spiro atoms. The van der Waals surface area contributed by atoms with Crippen molar-refractivity contribution >= 4 is 21.6 Å². The molecule has 2 aliphatic rings. The van der Waals surface area contributed by atoms with Crippen molar-refractivity contribution in [2.24, 2.45) is 11.8 Å². The molecule has 2 saturated heterocycles. The van der Waals surface area contributed by atoms with E-state index in [-0.39, 0.29) is 16.7 Å². The van der Waals surface area contributed by atoms with E-state index in [2.05, 4.69) is 27.5 Å². The number of fused-ring (bicyclic) bond motifs is 2. The Balaban J connectivity index is 1.77. The second-order valence-corrected chi connectivity index (χ2v) is 9.63. The summed E-state index contributed by atoms with van der Waals surface area (Å²) in [6.45, 7) is 7.42. The summed E-state index contributed by atoms with van der Waals surface area (Å²) < 4.78 is 33.8. The Labute approximate surface area is 137 Å². The largest absolute Gasteiger partial charge is 0.302 e. The van der Waals surface area contributed by atoms with E-state index >= 15 is 0 Å². The number of rotatable bonds is 6. The van der Waals surface area contributed by atoms with Gasteiger partial charge >= 0.3 is 0 Å². The topological polar surface area (TPSA) is 63.2 Å². The average molecular weight is 344 g/mol. The number of sulfone groups is 1. The molecule has 1 aromatic rings. The summed E-state index contributed by atoms with van der Waals surface area (Å²) in [6.07, 6.45) is 4.05. The number of piperidine rings is 1. The molecule has 0 radical (unpaired) electrons. The van der Waals surface area contributed by atoms with E-state index in [0.29, 0.717) is 18.3 Å². The predicted molar refractivity (Wildman–Crippen MR) is 87.9 cm³/mol. The van der Waals surface area contributed by atoms with Crippen LogP contribution < -0.4 is 0 Å². The molecular weight excluding hydrogens is 318 g/mol. The maximum atomic E-state index is 12.6. The Morgan fingerprint density at radius 3 is 2.86 bits per heavy atom. The number of nitrogens with zero attached hydrogens (tertiary/aromatic N) is 3. The lowest BCUT2D eigenvalue weighted by Gasteiger charge is -2.21. The lowest BCUT2D eigenvalue weighted by Crippen LogP contribution is -2.25. The number of hydrogen-bond donors (Lipinski definition) is 0. The van der Waals surface area contributed by atoms with Gasteiger partial charge in [0.1, 0.15) is 0 Å². The van der Waals surface area contributed by atoms with Crippen LogP contribution in [0.4, 0.5) is 0 Å². The molecule has 124 valence electrons. The van der Waals surface area contributed by atoms with E-state index in [9.17, 15) is 8.42 Å². The van der Waals surface area contributed by atoms with Crippen LogP contribution in [-0.2, 0) is 9.84 Å². The van der Waals surface area contributed by atoms with Crippen molar-refractivity contribution in [3.05, 3.63) is 5.69 Å². The molecule has 0 N–H and O–H groups in total. The van der Waals surface area contributed by atoms with Crippen molar-refractivity contribution in [2.45, 2.75) is 50.5 Å². The highest BCUT2D eigenvalue weighted by Crippen LogP contribution is 2.40. The molecule has 22 heavy (non-hydrogen) atoms. The van der Waals surface area contributed by atoms with E-state index in [4.69, 9.17) is 0 Å². The highest BCUT2D eigenvalue weighted by atomic mass is 32.2. The maximum Gasteiger partial charge on any atom is 0.198 e. The lowest BCUT2D eigenvalue weighted by atomic mass is 9.89. The van der Waals surface area contributed by atoms with Gasteiger partial charge in [-0.25, -0.2) is 8.42 Å². The minimum atomic E-state index is -3.29. The van der Waals surface area contributed by atoms with Gasteiger partial charge in [0.25, 0.3) is 0 Å². The van der Waals surface area contributed by atoms with Gasteiger partial charge in [0.2, 0.25) is 0 Å². The summed E-state index contributed by atoms with van der Waals surface area (Å²) in [7, 11) is -3.29. The van der Waals surface area contributed by atoms with Gasteiger partial charge < -0.3 is 4.90 Å². The van der Waals surface area contributed by atoms with Crippen molar-refractivity contribution < 1.29 is 8.42 Å². The first-order valence-electron chi connectivity index (χ1n) is 8.25. The van der Waals surface area contributed by atoms with Gasteiger partial charge in [-0.1, -0.05) is 13.8 Å². The SMILES string of the molecule is CC(C)CCCS(=O)(=O)c1nsnc1[C@H]1CN2CCC[C@H]1C2. The van der Waals surface area contributed by atoms with Crippen LogP contribution in [0, 0.1) is 11.8 Å². The molecule has 2 bridgehead atoms. The zero-order valence-corrected chi connectivity index (χ0v) is 15.0. The molecule has 3 atom stereocenters. The standard InChI is InChI=1S/C15H25N3O2S2/c1-11(2)5-4-8-22(19,20)15-14(16-21-17-15)13-10-18-7-3-6-12(13)9-18/h11-13H,3-10H2,1-2H3/t12-,13-/m0/s1. The van der Waals surface area contributed by atoms with Crippen LogP contribution >= 0.6 is 11.7 Å². The first-order valence-corrected chi connectivity index (χ1v) is 10.6. The van der Waals surface area contributed by atoms with Gasteiger partial charge in [-0.05, 0) is 44.1 Å². The average Bonchev–Trinajstić information content (AvgIpc) is 3.03. The predicted octanol–water partition coefficient (Wildman–Crippen LogP) is 2.56. The molecule has 3 heterocycles. The molecular formula is C15H25N3O2S2. The zero-order valence-electron chi connectivity index (χ0n) is 13.4. The van der Waals surface area contributed by atoms with E-state index in [1.54, 1.807) is 0 Å². The Hall–Kier alpha value is -0.530. The summed E-state index contributed by atoms with van der Waals surface area (Å²) in [5.41, 5.74) is 0.754. The van der Waals surface area contributed by atoms with Crippen molar-refractivity contribution in [1.82, 2.24) is 13.6 Å². The number of hydrogen-bond acceptors (Lipinski definition) is 6. The lowest BCUT2D eigenvalue weighted by molar-refractivity contribution is 0.269. The normalized spacial score (nSPS) is 28.4. The van der Waals surface area contributed by atoms with Crippen LogP contribution in [0.3, 0.4) is 0 Å². The second-order valence-electron chi connectivity index (χ2n) is 7.08. The fourth-order valence-electron chi connectivity index (χ4n) is 3.73. The van der Waals surface area contributed by atoms with Gasteiger partial charge in [0.05, 0.1) is 23.2 Å². The molecule has 1 unspecified atom stereocenters. The highest BCUT2D eigenvalue weighted by Gasteiger charge is 2.40. The van der Waals surface area contributed by atoms with Crippen molar-refractivity contribution in [2.75, 3.05) is 25.4 Å². The highest BCUT2D eigenvalue weighted by molar-refractivity contribution is 7.91. The molecule has 3 rings (SSSR count). The van der Waals surface area contributed by atoms with Gasteiger partial charge in [-0.15, -0.1) is 0 Å². The molecule has 7 heteroatoms. The van der Waals surface area contributed by atoms with Crippen molar-refractivity contribution in [1.29, 1.82) is 0 Å². The van der Waals surface area contributed by atoms with Crippen LogP contribution in [0.2, 0.25) is 0 Å². The smallest absolute Gasteiger partial charge is 0.198 e. The van der Waals surface area contributed by atoms with Gasteiger partial charge in [0.15, 0.2) is 14.9 Å². The first-order chi connectivity index (χ1) is 10.5. The summed E-state index contributed by atoms with van der Waals surface area (Å²) in [5, 5.41) is 0.278. The Morgan fingerprint density at radius 2 is 2.14 bits per heavy atom. The van der Waals surface area contributed by atoms with Crippen LogP contribution in [0.1, 0.15) is 51.1 Å². The van der Waals surface area contributed by atoms with Gasteiger partial charge in [0, 0.05) is 19.0 Å². The Kier molecular flexibility index (Phi) is 4.85. The summed E-state index contributed by atoms with van der Waals surface area (Å²) >= 11 is 1.06. The minimum absolute atomic E-state index is 0.199. The third-order valence-electron chi connectivity index (χ3n) is 4.89. The molecule has 0 aromatic carbocycles. The fraction of sp³-hybridized carbons (Fsp3) is 0.867. The molecule has 0 amide bonds. The summed E-state index contributed by atoms with van der Waals surface area (Å²) in [4.78, 5) is 2.44. The Bertz CT molecular complexity index is 612. The second kappa shape index (κ2) is 6.53. The van der Waals surface area contributed by atoms with E-state index in [1.807, 2.05) is 0 Å². The molecule has 0 saturated carbocycles. The minimum Gasteiger partial charge on any atom is -0.302 e. The van der Waals surface area contributed by atoms with Gasteiger partial charge in [-0.2, -0.15) is 8.75 Å². The van der Waals surface area contributed by atoms with Crippen LogP contribution in [-0.4, -0.2) is 47.5 Å². The summed E-state index contributed by atoms with van der Waals surface area (Å²) in [6, 6.07) is 0. The molecule has 5 nitrogen and oxygen atoms in total. The van der Waals surface area contributed by atoms with E-state index in [0.717, 1.165) is 43.5 Å². The van der Waals surface area contributed by atoms with Crippen LogP contribution in [0.5, 0.6) is 0 Å². The van der Waals surface area contributed by atoms with E-state index < -0.39 is 9.84 Å². The third kappa shape index (κ3) is 3.36. The maximum absolute atomic E-state index is 12.6. The monoisotopic (exact) mass is 343 g/mol. The van der Waals surface area contributed by atoms with Crippen molar-refractivity contribution in [3.8, 4) is 0 Å². The molecule has 2 aliphatic heterocycles. The Morgan fingerprint density at radius 1 is 1.32 bits per heavy atom. The van der Waals surface area contributed by atoms with Crippen LogP contribution in [0.25, 0.3) is 0 Å². The first kappa shape index (κ1) is 16.3. The molecule has 2 fully saturated rings. The number of aromatic nitrogens is 2. The molecule has 1 aromatic heterocycles. The van der Waals surface area contributed by atoms with Gasteiger partial charge in [-0.3, -0.25) is 0 Å². The van der Waals surface area contributed by atoms with E-state index in [1.165, 1.54) is 12.8 Å².